The van der Waals surface area contributed by atoms with Crippen molar-refractivity contribution < 1.29 is 4.39 Å². The third-order valence-corrected chi connectivity index (χ3v) is 3.81. The van der Waals surface area contributed by atoms with Gasteiger partial charge >= 0.3 is 0 Å². The Morgan fingerprint density at radius 3 is 2.79 bits per heavy atom. The fraction of sp³-hybridized carbons (Fsp3) is 0.308. The average molecular weight is 327 g/mol. The minimum atomic E-state index is -0.283. The highest BCUT2D eigenvalue weighted by molar-refractivity contribution is 9.10. The molecular formula is C13H16BrFN4. The van der Waals surface area contributed by atoms with Crippen LogP contribution < -0.4 is 10.6 Å². The Balaban J connectivity index is 2.24. The van der Waals surface area contributed by atoms with Crippen LogP contribution in [0.2, 0.25) is 0 Å². The van der Waals surface area contributed by atoms with E-state index in [-0.39, 0.29) is 5.82 Å². The molecule has 1 heterocycles. The Kier molecular flexibility index (Phi) is 4.21. The third kappa shape index (κ3) is 2.96. The number of benzene rings is 1. The van der Waals surface area contributed by atoms with Gasteiger partial charge in [0.2, 0.25) is 0 Å². The highest BCUT2D eigenvalue weighted by Gasteiger charge is 2.14. The molecule has 4 nitrogen and oxygen atoms in total. The monoisotopic (exact) mass is 326 g/mol. The van der Waals surface area contributed by atoms with E-state index in [9.17, 15) is 4.39 Å². The molecule has 2 rings (SSSR count). The summed E-state index contributed by atoms with van der Waals surface area (Å²) in [5.74, 6) is -0.283. The van der Waals surface area contributed by atoms with Crippen LogP contribution in [-0.2, 0) is 20.1 Å². The van der Waals surface area contributed by atoms with E-state index in [1.165, 1.54) is 0 Å². The number of hydrogen-bond donors (Lipinski definition) is 1. The number of hydrogen-bond acceptors (Lipinski definition) is 3. The molecule has 1 aromatic heterocycles. The lowest BCUT2D eigenvalue weighted by Gasteiger charge is -2.20. The minimum absolute atomic E-state index is 0.283. The molecule has 6 heteroatoms. The Labute approximate surface area is 120 Å². The molecule has 19 heavy (non-hydrogen) atoms. The van der Waals surface area contributed by atoms with E-state index in [4.69, 9.17) is 5.73 Å². The molecule has 0 bridgehead atoms. The lowest BCUT2D eigenvalue weighted by atomic mass is 10.2. The standard InChI is InChI=1S/C13H16BrFN4/c1-18(7-9-6-17-19(2)8-9)11-4-3-10(5-16)12(14)13(11)15/h3-4,6,8H,5,7,16H2,1-2H3. The summed E-state index contributed by atoms with van der Waals surface area (Å²) in [6, 6.07) is 3.58. The van der Waals surface area contributed by atoms with Crippen molar-refractivity contribution >= 4 is 21.6 Å². The molecule has 2 N–H and O–H groups in total. The summed E-state index contributed by atoms with van der Waals surface area (Å²) in [5, 5.41) is 4.10. The highest BCUT2D eigenvalue weighted by atomic mass is 79.9. The maximum atomic E-state index is 14.2. The molecule has 0 aliphatic rings. The van der Waals surface area contributed by atoms with Crippen molar-refractivity contribution in [3.63, 3.8) is 0 Å². The maximum absolute atomic E-state index is 14.2. The van der Waals surface area contributed by atoms with Gasteiger partial charge < -0.3 is 10.6 Å². The van der Waals surface area contributed by atoms with Crippen molar-refractivity contribution in [1.29, 1.82) is 0 Å². The fourth-order valence-electron chi connectivity index (χ4n) is 1.94. The topological polar surface area (TPSA) is 47.1 Å². The minimum Gasteiger partial charge on any atom is -0.368 e. The second-order valence-electron chi connectivity index (χ2n) is 4.45. The normalized spacial score (nSPS) is 10.8. The molecule has 0 amide bonds. The lowest BCUT2D eigenvalue weighted by molar-refractivity contribution is 0.613. The van der Waals surface area contributed by atoms with Crippen molar-refractivity contribution in [1.82, 2.24) is 9.78 Å². The molecule has 0 radical (unpaired) electrons. The smallest absolute Gasteiger partial charge is 0.160 e. The molecule has 0 aliphatic carbocycles. The molecule has 102 valence electrons. The van der Waals surface area contributed by atoms with Crippen LogP contribution in [0.15, 0.2) is 29.0 Å². The number of aryl methyl sites for hydroxylation is 1. The summed E-state index contributed by atoms with van der Waals surface area (Å²) in [5.41, 5.74) is 7.88. The van der Waals surface area contributed by atoms with Crippen LogP contribution in [-0.4, -0.2) is 16.8 Å². The molecule has 0 unspecified atom stereocenters. The predicted octanol–water partition coefficient (Wildman–Crippen LogP) is 2.42. The SMILES string of the molecule is CN(Cc1cnn(C)c1)c1ccc(CN)c(Br)c1F. The zero-order chi connectivity index (χ0) is 14.0. The quantitative estimate of drug-likeness (QED) is 0.938. The molecule has 0 atom stereocenters. The second-order valence-corrected chi connectivity index (χ2v) is 5.25. The van der Waals surface area contributed by atoms with Gasteiger partial charge in [-0.05, 0) is 27.6 Å². The van der Waals surface area contributed by atoms with Crippen LogP contribution >= 0.6 is 15.9 Å². The first kappa shape index (κ1) is 14.0. The Morgan fingerprint density at radius 1 is 1.47 bits per heavy atom. The van der Waals surface area contributed by atoms with Gasteiger partial charge in [0.1, 0.15) is 0 Å². The number of nitrogens with two attached hydrogens (primary N) is 1. The van der Waals surface area contributed by atoms with Crippen molar-refractivity contribution in [2.75, 3.05) is 11.9 Å². The first-order chi connectivity index (χ1) is 9.02. The van der Waals surface area contributed by atoms with Crippen LogP contribution in [0.1, 0.15) is 11.1 Å². The van der Waals surface area contributed by atoms with E-state index >= 15 is 0 Å². The van der Waals surface area contributed by atoms with Gasteiger partial charge in [-0.25, -0.2) is 4.39 Å². The van der Waals surface area contributed by atoms with E-state index in [0.29, 0.717) is 23.2 Å². The van der Waals surface area contributed by atoms with Crippen molar-refractivity contribution in [2.24, 2.45) is 12.8 Å². The summed E-state index contributed by atoms with van der Waals surface area (Å²) >= 11 is 3.25. The lowest BCUT2D eigenvalue weighted by Crippen LogP contribution is -2.18. The van der Waals surface area contributed by atoms with Gasteiger partial charge in [0.25, 0.3) is 0 Å². The number of nitrogens with zero attached hydrogens (tertiary/aromatic N) is 3. The van der Waals surface area contributed by atoms with Gasteiger partial charge in [-0.3, -0.25) is 4.68 Å². The van der Waals surface area contributed by atoms with Crippen LogP contribution in [0.3, 0.4) is 0 Å². The molecule has 2 aromatic rings. The summed E-state index contributed by atoms with van der Waals surface area (Å²) in [6.45, 7) is 0.906. The number of rotatable bonds is 4. The molecular weight excluding hydrogens is 311 g/mol. The van der Waals surface area contributed by atoms with Crippen LogP contribution in [0.4, 0.5) is 10.1 Å². The number of anilines is 1. The summed E-state index contributed by atoms with van der Waals surface area (Å²) in [6.07, 6.45) is 3.69. The van der Waals surface area contributed by atoms with Gasteiger partial charge in [-0.15, -0.1) is 0 Å². The first-order valence-corrected chi connectivity index (χ1v) is 6.68. The molecule has 0 fully saturated rings. The van der Waals surface area contributed by atoms with Crippen molar-refractivity contribution in [3.05, 3.63) is 45.9 Å². The van der Waals surface area contributed by atoms with E-state index in [0.717, 1.165) is 11.1 Å². The van der Waals surface area contributed by atoms with E-state index in [1.54, 1.807) is 16.9 Å². The van der Waals surface area contributed by atoms with Gasteiger partial charge in [-0.2, -0.15) is 5.10 Å². The van der Waals surface area contributed by atoms with Crippen LogP contribution in [0.25, 0.3) is 0 Å². The zero-order valence-corrected chi connectivity index (χ0v) is 12.5. The van der Waals surface area contributed by atoms with Crippen molar-refractivity contribution in [2.45, 2.75) is 13.1 Å². The average Bonchev–Trinajstić information content (AvgIpc) is 2.78. The van der Waals surface area contributed by atoms with Gasteiger partial charge in [0.15, 0.2) is 5.82 Å². The van der Waals surface area contributed by atoms with Gasteiger partial charge in [0, 0.05) is 38.9 Å². The zero-order valence-electron chi connectivity index (χ0n) is 10.9. The van der Waals surface area contributed by atoms with Crippen molar-refractivity contribution in [3.8, 4) is 0 Å². The van der Waals surface area contributed by atoms with E-state index in [1.807, 2.05) is 31.3 Å². The Morgan fingerprint density at radius 2 is 2.21 bits per heavy atom. The van der Waals surface area contributed by atoms with Crippen LogP contribution in [0, 0.1) is 5.82 Å². The summed E-state index contributed by atoms with van der Waals surface area (Å²) < 4.78 is 16.4. The van der Waals surface area contributed by atoms with E-state index < -0.39 is 0 Å². The highest BCUT2D eigenvalue weighted by Crippen LogP contribution is 2.29. The summed E-state index contributed by atoms with van der Waals surface area (Å²) in [4.78, 5) is 1.84. The summed E-state index contributed by atoms with van der Waals surface area (Å²) in [7, 11) is 3.71. The second kappa shape index (κ2) is 5.71. The van der Waals surface area contributed by atoms with Gasteiger partial charge in [-0.1, -0.05) is 6.07 Å². The van der Waals surface area contributed by atoms with E-state index in [2.05, 4.69) is 21.0 Å². The molecule has 1 aromatic carbocycles. The first-order valence-electron chi connectivity index (χ1n) is 5.88. The predicted molar refractivity (Wildman–Crippen MR) is 77.3 cm³/mol. The number of aromatic nitrogens is 2. The molecule has 0 aliphatic heterocycles. The number of halogens is 2. The van der Waals surface area contributed by atoms with Gasteiger partial charge in [0.05, 0.1) is 16.4 Å². The molecule has 0 saturated carbocycles. The Hall–Kier alpha value is -1.40. The third-order valence-electron chi connectivity index (χ3n) is 2.95. The molecule has 0 spiro atoms. The Bertz CT molecular complexity index is 582. The largest absolute Gasteiger partial charge is 0.368 e. The van der Waals surface area contributed by atoms with Crippen LogP contribution in [0.5, 0.6) is 0 Å². The maximum Gasteiger partial charge on any atom is 0.160 e. The fourth-order valence-corrected chi connectivity index (χ4v) is 2.44. The molecule has 0 saturated heterocycles.